The molecule has 1 saturated heterocycles. The number of rotatable bonds is 5. The second-order valence-electron chi connectivity index (χ2n) is 5.09. The van der Waals surface area contributed by atoms with Gasteiger partial charge in [-0.3, -0.25) is 0 Å². The molecule has 6 heteroatoms. The van der Waals surface area contributed by atoms with E-state index in [-0.39, 0.29) is 0 Å². The van der Waals surface area contributed by atoms with Crippen molar-refractivity contribution in [2.75, 3.05) is 44.3 Å². The molecule has 6 nitrogen and oxygen atoms in total. The highest BCUT2D eigenvalue weighted by Gasteiger charge is 2.22. The van der Waals surface area contributed by atoms with Gasteiger partial charge in [0, 0.05) is 13.1 Å². The van der Waals surface area contributed by atoms with E-state index in [0.717, 1.165) is 26.2 Å². The van der Waals surface area contributed by atoms with Gasteiger partial charge in [0.1, 0.15) is 11.4 Å². The number of hydrogen-bond donors (Lipinski definition) is 2. The first-order valence-electron chi connectivity index (χ1n) is 6.94. The fraction of sp³-hybridized carbons (Fsp3) is 0.571. The number of methoxy groups -OCH3 is 1. The molecule has 20 heavy (non-hydrogen) atoms. The molecule has 1 fully saturated rings. The van der Waals surface area contributed by atoms with Crippen LogP contribution in [0, 0.1) is 5.92 Å². The number of aromatic nitrogens is 1. The van der Waals surface area contributed by atoms with Crippen LogP contribution in [-0.2, 0) is 4.74 Å². The van der Waals surface area contributed by atoms with E-state index in [1.165, 1.54) is 13.5 Å². The second kappa shape index (κ2) is 6.56. The zero-order valence-corrected chi connectivity index (χ0v) is 12.1. The molecule has 2 rings (SSSR count). The Balaban J connectivity index is 2.00. The molecule has 0 radical (unpaired) electrons. The molecule has 0 bridgehead atoms. The highest BCUT2D eigenvalue weighted by atomic mass is 16.5. The number of ether oxygens (including phenoxy) is 1. The number of esters is 1. The lowest BCUT2D eigenvalue weighted by Crippen LogP contribution is -2.23. The minimum atomic E-state index is -0.422. The van der Waals surface area contributed by atoms with Gasteiger partial charge in [0.15, 0.2) is 0 Å². The normalized spacial score (nSPS) is 19.0. The van der Waals surface area contributed by atoms with Crippen LogP contribution in [0.25, 0.3) is 0 Å². The predicted molar refractivity (Wildman–Crippen MR) is 78.7 cm³/mol. The van der Waals surface area contributed by atoms with E-state index in [9.17, 15) is 4.79 Å². The average molecular weight is 278 g/mol. The van der Waals surface area contributed by atoms with Crippen molar-refractivity contribution in [1.29, 1.82) is 0 Å². The number of carbonyl (C=O) groups is 1. The number of nitrogen functional groups attached to an aromatic ring is 1. The Bertz CT molecular complexity index is 478. The highest BCUT2D eigenvalue weighted by Crippen LogP contribution is 2.20. The molecule has 1 aliphatic heterocycles. The molecule has 0 aliphatic carbocycles. The van der Waals surface area contributed by atoms with Gasteiger partial charge in [-0.2, -0.15) is 0 Å². The molecule has 110 valence electrons. The van der Waals surface area contributed by atoms with Crippen LogP contribution in [0.1, 0.15) is 23.7 Å². The Morgan fingerprint density at radius 1 is 1.65 bits per heavy atom. The van der Waals surface area contributed by atoms with Crippen LogP contribution in [0.3, 0.4) is 0 Å². The Labute approximate surface area is 119 Å². The lowest BCUT2D eigenvalue weighted by molar-refractivity contribution is 0.0601. The molecule has 0 aromatic carbocycles. The number of anilines is 2. The molecule has 1 aliphatic rings. The van der Waals surface area contributed by atoms with Gasteiger partial charge < -0.3 is 20.7 Å². The summed E-state index contributed by atoms with van der Waals surface area (Å²) >= 11 is 0. The standard InChI is InChI=1S/C14H22N4O2/c1-3-18-5-4-10(9-18)7-16-13-12(14(19)20-2)6-11(15)8-17-13/h6,8,10H,3-5,7,9,15H2,1-2H3,(H,16,17). The van der Waals surface area contributed by atoms with Gasteiger partial charge in [-0.15, -0.1) is 0 Å². The molecule has 0 saturated carbocycles. The number of nitrogens with two attached hydrogens (primary N) is 1. The summed E-state index contributed by atoms with van der Waals surface area (Å²) in [4.78, 5) is 18.3. The van der Waals surface area contributed by atoms with E-state index in [1.807, 2.05) is 0 Å². The van der Waals surface area contributed by atoms with Crippen molar-refractivity contribution in [2.24, 2.45) is 5.92 Å². The van der Waals surface area contributed by atoms with Crippen molar-refractivity contribution in [3.05, 3.63) is 17.8 Å². The van der Waals surface area contributed by atoms with E-state index < -0.39 is 5.97 Å². The van der Waals surface area contributed by atoms with Gasteiger partial charge in [-0.05, 0) is 31.5 Å². The van der Waals surface area contributed by atoms with E-state index in [1.54, 1.807) is 12.3 Å². The van der Waals surface area contributed by atoms with Crippen LogP contribution >= 0.6 is 0 Å². The lowest BCUT2D eigenvalue weighted by atomic mass is 10.1. The number of pyridine rings is 1. The Morgan fingerprint density at radius 2 is 2.45 bits per heavy atom. The summed E-state index contributed by atoms with van der Waals surface area (Å²) < 4.78 is 4.76. The zero-order chi connectivity index (χ0) is 14.5. The second-order valence-corrected chi connectivity index (χ2v) is 5.09. The monoisotopic (exact) mass is 278 g/mol. The fourth-order valence-electron chi connectivity index (χ4n) is 2.50. The largest absolute Gasteiger partial charge is 0.465 e. The van der Waals surface area contributed by atoms with E-state index >= 15 is 0 Å². The maximum Gasteiger partial charge on any atom is 0.341 e. The molecular weight excluding hydrogens is 256 g/mol. The first-order chi connectivity index (χ1) is 9.63. The van der Waals surface area contributed by atoms with E-state index in [0.29, 0.717) is 23.0 Å². The average Bonchev–Trinajstić information content (AvgIpc) is 2.93. The number of nitrogens with one attached hydrogen (secondary N) is 1. The summed E-state index contributed by atoms with van der Waals surface area (Å²) in [6, 6.07) is 1.59. The number of hydrogen-bond acceptors (Lipinski definition) is 6. The third-order valence-corrected chi connectivity index (χ3v) is 3.69. The van der Waals surface area contributed by atoms with Crippen LogP contribution in [-0.4, -0.2) is 49.1 Å². The first kappa shape index (κ1) is 14.6. The molecule has 1 atom stereocenters. The third-order valence-electron chi connectivity index (χ3n) is 3.69. The van der Waals surface area contributed by atoms with Crippen molar-refractivity contribution >= 4 is 17.5 Å². The van der Waals surface area contributed by atoms with Crippen LogP contribution in [0.2, 0.25) is 0 Å². The quantitative estimate of drug-likeness (QED) is 0.788. The maximum atomic E-state index is 11.7. The molecule has 1 aromatic heterocycles. The van der Waals surface area contributed by atoms with Crippen LogP contribution in [0.4, 0.5) is 11.5 Å². The fourth-order valence-corrected chi connectivity index (χ4v) is 2.50. The Kier molecular flexibility index (Phi) is 4.79. The summed E-state index contributed by atoms with van der Waals surface area (Å²) in [5.74, 6) is 0.703. The van der Waals surface area contributed by atoms with Gasteiger partial charge >= 0.3 is 5.97 Å². The first-order valence-corrected chi connectivity index (χ1v) is 6.94. The molecule has 0 spiro atoms. The van der Waals surface area contributed by atoms with Crippen molar-refractivity contribution < 1.29 is 9.53 Å². The van der Waals surface area contributed by atoms with Gasteiger partial charge in [0.05, 0.1) is 19.0 Å². The highest BCUT2D eigenvalue weighted by molar-refractivity contribution is 5.95. The summed E-state index contributed by atoms with van der Waals surface area (Å²) in [7, 11) is 1.35. The van der Waals surface area contributed by atoms with Gasteiger partial charge in [-0.25, -0.2) is 9.78 Å². The predicted octanol–water partition coefficient (Wildman–Crippen LogP) is 1.20. The van der Waals surface area contributed by atoms with Crippen LogP contribution < -0.4 is 11.1 Å². The van der Waals surface area contributed by atoms with E-state index in [2.05, 4.69) is 22.1 Å². The van der Waals surface area contributed by atoms with Crippen molar-refractivity contribution in [3.8, 4) is 0 Å². The molecule has 1 unspecified atom stereocenters. The Hall–Kier alpha value is -1.82. The van der Waals surface area contributed by atoms with Crippen molar-refractivity contribution in [1.82, 2.24) is 9.88 Å². The SMILES string of the molecule is CCN1CCC(CNc2ncc(N)cc2C(=O)OC)C1. The minimum absolute atomic E-state index is 0.387. The van der Waals surface area contributed by atoms with Crippen LogP contribution in [0.15, 0.2) is 12.3 Å². The van der Waals surface area contributed by atoms with Crippen molar-refractivity contribution in [3.63, 3.8) is 0 Å². The third kappa shape index (κ3) is 3.39. The summed E-state index contributed by atoms with van der Waals surface area (Å²) in [6.45, 7) is 6.29. The molecular formula is C14H22N4O2. The summed E-state index contributed by atoms with van der Waals surface area (Å²) in [5.41, 5.74) is 6.51. The number of carbonyl (C=O) groups excluding carboxylic acids is 1. The van der Waals surface area contributed by atoms with Gasteiger partial charge in [0.2, 0.25) is 0 Å². The smallest absolute Gasteiger partial charge is 0.341 e. The molecule has 1 aromatic rings. The number of nitrogens with zero attached hydrogens (tertiary/aromatic N) is 2. The summed E-state index contributed by atoms with van der Waals surface area (Å²) in [6.07, 6.45) is 2.71. The number of likely N-dealkylation sites (tertiary alicyclic amines) is 1. The van der Waals surface area contributed by atoms with Crippen molar-refractivity contribution in [2.45, 2.75) is 13.3 Å². The maximum absolute atomic E-state index is 11.7. The van der Waals surface area contributed by atoms with Gasteiger partial charge in [-0.1, -0.05) is 6.92 Å². The van der Waals surface area contributed by atoms with Crippen LogP contribution in [0.5, 0.6) is 0 Å². The zero-order valence-electron chi connectivity index (χ0n) is 12.1. The summed E-state index contributed by atoms with van der Waals surface area (Å²) in [5, 5.41) is 3.25. The van der Waals surface area contributed by atoms with E-state index in [4.69, 9.17) is 10.5 Å². The topological polar surface area (TPSA) is 80.5 Å². The molecule has 3 N–H and O–H groups in total. The Morgan fingerprint density at radius 3 is 3.10 bits per heavy atom. The van der Waals surface area contributed by atoms with Gasteiger partial charge in [0.25, 0.3) is 0 Å². The molecule has 2 heterocycles. The lowest BCUT2D eigenvalue weighted by Gasteiger charge is -2.15. The molecule has 0 amide bonds. The minimum Gasteiger partial charge on any atom is -0.465 e.